The van der Waals surface area contributed by atoms with Gasteiger partial charge < -0.3 is 0 Å². The van der Waals surface area contributed by atoms with Gasteiger partial charge in [0.2, 0.25) is 0 Å². The predicted molar refractivity (Wildman–Crippen MR) is 91.8 cm³/mol. The third-order valence-corrected chi connectivity index (χ3v) is 6.32. The molecule has 0 atom stereocenters. The lowest BCUT2D eigenvalue weighted by Crippen LogP contribution is -2.13. The standard InChI is InChI=1S/C21H32/c1-3-17-6-10-19(11-7-17)21-14-12-20(13-15-21)18-8-4-16(2)5-9-18/h12-19H,3-11H2,1-2H3. The molecule has 21 heavy (non-hydrogen) atoms. The molecule has 1 aromatic rings. The van der Waals surface area contributed by atoms with Crippen LogP contribution in [0.1, 0.15) is 94.6 Å². The Labute approximate surface area is 131 Å². The van der Waals surface area contributed by atoms with Gasteiger partial charge in [0.25, 0.3) is 0 Å². The van der Waals surface area contributed by atoms with E-state index in [1.165, 1.54) is 57.8 Å². The quantitative estimate of drug-likeness (QED) is 0.582. The Kier molecular flexibility index (Phi) is 5.03. The summed E-state index contributed by atoms with van der Waals surface area (Å²) in [7, 11) is 0. The van der Waals surface area contributed by atoms with Crippen LogP contribution in [0.5, 0.6) is 0 Å². The van der Waals surface area contributed by atoms with Crippen molar-refractivity contribution in [2.45, 2.75) is 83.5 Å². The summed E-state index contributed by atoms with van der Waals surface area (Å²) in [4.78, 5) is 0. The number of rotatable bonds is 3. The summed E-state index contributed by atoms with van der Waals surface area (Å²) in [6, 6.07) is 9.79. The van der Waals surface area contributed by atoms with Crippen molar-refractivity contribution in [2.24, 2.45) is 11.8 Å². The minimum atomic E-state index is 0.839. The summed E-state index contributed by atoms with van der Waals surface area (Å²) in [6.07, 6.45) is 12.8. The molecular formula is C21H32. The van der Waals surface area contributed by atoms with Crippen molar-refractivity contribution < 1.29 is 0 Å². The van der Waals surface area contributed by atoms with Crippen LogP contribution >= 0.6 is 0 Å². The predicted octanol–water partition coefficient (Wildman–Crippen LogP) is 6.66. The van der Waals surface area contributed by atoms with Crippen molar-refractivity contribution in [3.63, 3.8) is 0 Å². The molecule has 2 aliphatic rings. The Bertz CT molecular complexity index is 414. The van der Waals surface area contributed by atoms with Crippen molar-refractivity contribution in [3.8, 4) is 0 Å². The maximum Gasteiger partial charge on any atom is -0.0162 e. The third kappa shape index (κ3) is 3.71. The van der Waals surface area contributed by atoms with E-state index in [9.17, 15) is 0 Å². The molecule has 2 saturated carbocycles. The lowest BCUT2D eigenvalue weighted by atomic mass is 9.76. The molecule has 3 rings (SSSR count). The van der Waals surface area contributed by atoms with Crippen LogP contribution < -0.4 is 0 Å². The summed E-state index contributed by atoms with van der Waals surface area (Å²) in [5.41, 5.74) is 3.21. The van der Waals surface area contributed by atoms with Gasteiger partial charge in [0.1, 0.15) is 0 Å². The van der Waals surface area contributed by atoms with Gasteiger partial charge in [0.15, 0.2) is 0 Å². The van der Waals surface area contributed by atoms with Gasteiger partial charge in [-0.25, -0.2) is 0 Å². The third-order valence-electron chi connectivity index (χ3n) is 6.32. The van der Waals surface area contributed by atoms with Gasteiger partial charge in [-0.15, -0.1) is 0 Å². The highest BCUT2D eigenvalue weighted by Gasteiger charge is 2.22. The summed E-state index contributed by atoms with van der Waals surface area (Å²) in [5.74, 6) is 3.64. The van der Waals surface area contributed by atoms with Gasteiger partial charge in [-0.2, -0.15) is 0 Å². The molecule has 2 fully saturated rings. The second-order valence-corrected chi connectivity index (χ2v) is 7.75. The number of hydrogen-bond acceptors (Lipinski definition) is 0. The fraction of sp³-hybridized carbons (Fsp3) is 0.714. The maximum absolute atomic E-state index is 2.45. The van der Waals surface area contributed by atoms with E-state index in [0.717, 1.165) is 23.7 Å². The molecule has 0 heterocycles. The first-order chi connectivity index (χ1) is 10.3. The molecular weight excluding hydrogens is 252 g/mol. The minimum Gasteiger partial charge on any atom is -0.0651 e. The van der Waals surface area contributed by atoms with E-state index < -0.39 is 0 Å². The normalized spacial score (nSPS) is 33.8. The van der Waals surface area contributed by atoms with Gasteiger partial charge in [-0.3, -0.25) is 0 Å². The minimum absolute atomic E-state index is 0.839. The fourth-order valence-corrected chi connectivity index (χ4v) is 4.54. The van der Waals surface area contributed by atoms with Crippen LogP contribution in [0, 0.1) is 11.8 Å². The Balaban J connectivity index is 1.59. The Morgan fingerprint density at radius 3 is 1.57 bits per heavy atom. The molecule has 0 aromatic heterocycles. The highest BCUT2D eigenvalue weighted by atomic mass is 14.3. The van der Waals surface area contributed by atoms with Crippen molar-refractivity contribution >= 4 is 0 Å². The molecule has 0 spiro atoms. The molecule has 0 nitrogen and oxygen atoms in total. The fourth-order valence-electron chi connectivity index (χ4n) is 4.54. The molecule has 0 unspecified atom stereocenters. The highest BCUT2D eigenvalue weighted by Crippen LogP contribution is 2.39. The van der Waals surface area contributed by atoms with Crippen LogP contribution in [0.3, 0.4) is 0 Å². The zero-order valence-corrected chi connectivity index (χ0v) is 14.0. The molecule has 0 saturated heterocycles. The van der Waals surface area contributed by atoms with Gasteiger partial charge in [0, 0.05) is 0 Å². The Morgan fingerprint density at radius 1 is 0.714 bits per heavy atom. The average molecular weight is 284 g/mol. The molecule has 0 N–H and O–H groups in total. The van der Waals surface area contributed by atoms with Crippen LogP contribution in [0.4, 0.5) is 0 Å². The largest absolute Gasteiger partial charge is 0.0651 e. The van der Waals surface area contributed by atoms with E-state index in [4.69, 9.17) is 0 Å². The lowest BCUT2D eigenvalue weighted by Gasteiger charge is -2.29. The van der Waals surface area contributed by atoms with Crippen molar-refractivity contribution in [3.05, 3.63) is 35.4 Å². The van der Waals surface area contributed by atoms with Crippen LogP contribution in [-0.2, 0) is 0 Å². The smallest absolute Gasteiger partial charge is 0.0162 e. The molecule has 0 bridgehead atoms. The molecule has 116 valence electrons. The molecule has 2 aliphatic carbocycles. The zero-order chi connectivity index (χ0) is 14.7. The summed E-state index contributed by atoms with van der Waals surface area (Å²) < 4.78 is 0. The van der Waals surface area contributed by atoms with E-state index in [0.29, 0.717) is 0 Å². The maximum atomic E-state index is 2.45. The van der Waals surface area contributed by atoms with E-state index in [2.05, 4.69) is 38.1 Å². The molecule has 0 heteroatoms. The zero-order valence-electron chi connectivity index (χ0n) is 14.0. The van der Waals surface area contributed by atoms with Crippen LogP contribution in [0.2, 0.25) is 0 Å². The van der Waals surface area contributed by atoms with Gasteiger partial charge >= 0.3 is 0 Å². The van der Waals surface area contributed by atoms with E-state index >= 15 is 0 Å². The molecule has 0 amide bonds. The van der Waals surface area contributed by atoms with Gasteiger partial charge in [0.05, 0.1) is 0 Å². The topological polar surface area (TPSA) is 0 Å². The first-order valence-corrected chi connectivity index (χ1v) is 9.36. The molecule has 0 aliphatic heterocycles. The van der Waals surface area contributed by atoms with Crippen LogP contribution in [0.15, 0.2) is 24.3 Å². The van der Waals surface area contributed by atoms with E-state index in [-0.39, 0.29) is 0 Å². The first-order valence-electron chi connectivity index (χ1n) is 9.36. The monoisotopic (exact) mass is 284 g/mol. The Hall–Kier alpha value is -0.780. The first kappa shape index (κ1) is 15.1. The lowest BCUT2D eigenvalue weighted by molar-refractivity contribution is 0.318. The van der Waals surface area contributed by atoms with Crippen LogP contribution in [0.25, 0.3) is 0 Å². The number of benzene rings is 1. The van der Waals surface area contributed by atoms with Crippen molar-refractivity contribution in [1.82, 2.24) is 0 Å². The van der Waals surface area contributed by atoms with Crippen molar-refractivity contribution in [1.29, 1.82) is 0 Å². The van der Waals surface area contributed by atoms with Crippen molar-refractivity contribution in [2.75, 3.05) is 0 Å². The summed E-state index contributed by atoms with van der Waals surface area (Å²) in [5, 5.41) is 0. The van der Waals surface area contributed by atoms with E-state index in [1.54, 1.807) is 11.1 Å². The molecule has 1 aromatic carbocycles. The SMILES string of the molecule is CCC1CCC(c2ccc(C3CCC(C)CC3)cc2)CC1. The second-order valence-electron chi connectivity index (χ2n) is 7.75. The van der Waals surface area contributed by atoms with Gasteiger partial charge in [-0.1, -0.05) is 57.4 Å². The highest BCUT2D eigenvalue weighted by molar-refractivity contribution is 5.28. The van der Waals surface area contributed by atoms with E-state index in [1.807, 2.05) is 0 Å². The summed E-state index contributed by atoms with van der Waals surface area (Å²) in [6.45, 7) is 4.76. The Morgan fingerprint density at radius 2 is 1.14 bits per heavy atom. The second kappa shape index (κ2) is 6.99. The molecule has 0 radical (unpaired) electrons. The number of hydrogen-bond donors (Lipinski definition) is 0. The van der Waals surface area contributed by atoms with Crippen LogP contribution in [-0.4, -0.2) is 0 Å². The average Bonchev–Trinajstić information content (AvgIpc) is 2.56. The summed E-state index contributed by atoms with van der Waals surface area (Å²) >= 11 is 0. The van der Waals surface area contributed by atoms with Gasteiger partial charge in [-0.05, 0) is 73.3 Å².